The Kier molecular flexibility index (Phi) is 3.96. The molecule has 100 valence electrons. The first-order chi connectivity index (χ1) is 8.63. The molecule has 0 radical (unpaired) electrons. The van der Waals surface area contributed by atoms with E-state index in [2.05, 4.69) is 10.3 Å². The average molecular weight is 257 g/mol. The molecule has 0 aromatic carbocycles. The van der Waals surface area contributed by atoms with E-state index in [-0.39, 0.29) is 17.7 Å². The molecular weight excluding hydrogens is 240 g/mol. The zero-order valence-electron chi connectivity index (χ0n) is 10.5. The van der Waals surface area contributed by atoms with Crippen molar-refractivity contribution in [2.45, 2.75) is 19.9 Å². The van der Waals surface area contributed by atoms with Crippen LogP contribution < -0.4 is 10.2 Å². The molecule has 1 aliphatic rings. The molecule has 1 aliphatic heterocycles. The van der Waals surface area contributed by atoms with E-state index in [0.717, 1.165) is 6.07 Å². The summed E-state index contributed by atoms with van der Waals surface area (Å²) in [6.45, 7) is 5.91. The smallest absolute Gasteiger partial charge is 0.168 e. The maximum atomic E-state index is 13.8. The summed E-state index contributed by atoms with van der Waals surface area (Å²) in [5, 5.41) is 2.79. The number of pyridine rings is 1. The van der Waals surface area contributed by atoms with Gasteiger partial charge in [0.15, 0.2) is 23.3 Å². The molecule has 2 rings (SSSR count). The van der Waals surface area contributed by atoms with Gasteiger partial charge in [-0.2, -0.15) is 0 Å². The molecule has 0 bridgehead atoms. The molecule has 1 aromatic heterocycles. The molecule has 1 N–H and O–H groups in total. The fourth-order valence-corrected chi connectivity index (χ4v) is 1.99. The Balaban J connectivity index is 2.33. The molecule has 0 aliphatic carbocycles. The van der Waals surface area contributed by atoms with Gasteiger partial charge < -0.3 is 15.0 Å². The van der Waals surface area contributed by atoms with Crippen molar-refractivity contribution in [1.29, 1.82) is 0 Å². The van der Waals surface area contributed by atoms with Gasteiger partial charge in [0, 0.05) is 19.2 Å². The van der Waals surface area contributed by atoms with Crippen LogP contribution in [0, 0.1) is 11.6 Å². The van der Waals surface area contributed by atoms with Crippen molar-refractivity contribution in [2.75, 3.05) is 36.5 Å². The topological polar surface area (TPSA) is 37.4 Å². The number of morpholine rings is 1. The fraction of sp³-hybridized carbons (Fsp3) is 0.583. The van der Waals surface area contributed by atoms with Gasteiger partial charge in [-0.25, -0.2) is 13.8 Å². The summed E-state index contributed by atoms with van der Waals surface area (Å²) in [5.74, 6) is -1.03. The minimum absolute atomic E-state index is 0.0284. The Bertz CT molecular complexity index is 428. The van der Waals surface area contributed by atoms with E-state index in [1.807, 2.05) is 13.8 Å². The maximum Gasteiger partial charge on any atom is 0.168 e. The van der Waals surface area contributed by atoms with E-state index in [1.165, 1.54) is 0 Å². The first-order valence-electron chi connectivity index (χ1n) is 6.07. The quantitative estimate of drug-likeness (QED) is 0.899. The van der Waals surface area contributed by atoms with Crippen molar-refractivity contribution in [2.24, 2.45) is 0 Å². The number of nitrogens with one attached hydrogen (secondary N) is 1. The van der Waals surface area contributed by atoms with E-state index < -0.39 is 11.6 Å². The normalized spacial score (nSPS) is 20.0. The number of halogens is 2. The molecule has 2 heterocycles. The van der Waals surface area contributed by atoms with Gasteiger partial charge >= 0.3 is 0 Å². The number of rotatable bonds is 3. The van der Waals surface area contributed by atoms with Crippen LogP contribution in [0.3, 0.4) is 0 Å². The highest BCUT2D eigenvalue weighted by Crippen LogP contribution is 2.25. The molecule has 0 saturated carbocycles. The van der Waals surface area contributed by atoms with Crippen LogP contribution in [0.15, 0.2) is 6.07 Å². The first kappa shape index (κ1) is 13.0. The number of aromatic nitrogens is 1. The van der Waals surface area contributed by atoms with E-state index in [1.54, 1.807) is 4.90 Å². The molecule has 0 spiro atoms. The largest absolute Gasteiger partial charge is 0.377 e. The van der Waals surface area contributed by atoms with Crippen molar-refractivity contribution in [3.63, 3.8) is 0 Å². The predicted octanol–water partition coefficient (Wildman–Crippen LogP) is 2.02. The Morgan fingerprint density at radius 2 is 2.28 bits per heavy atom. The molecule has 6 heteroatoms. The zero-order valence-corrected chi connectivity index (χ0v) is 10.5. The van der Waals surface area contributed by atoms with E-state index in [0.29, 0.717) is 26.3 Å². The molecule has 1 atom stereocenters. The SMILES string of the molecule is CCNc1nc(N2CCOCC2C)c(F)cc1F. The van der Waals surface area contributed by atoms with Gasteiger partial charge in [-0.1, -0.05) is 0 Å². The fourth-order valence-electron chi connectivity index (χ4n) is 1.99. The highest BCUT2D eigenvalue weighted by Gasteiger charge is 2.24. The van der Waals surface area contributed by atoms with Crippen LogP contribution in [0.4, 0.5) is 20.4 Å². The molecule has 18 heavy (non-hydrogen) atoms. The second-order valence-electron chi connectivity index (χ2n) is 4.27. The monoisotopic (exact) mass is 257 g/mol. The summed E-state index contributed by atoms with van der Waals surface area (Å²) in [5.41, 5.74) is 0. The van der Waals surface area contributed by atoms with Gasteiger partial charge in [0.1, 0.15) is 0 Å². The molecular formula is C12H17F2N3O. The summed E-state index contributed by atoms with van der Waals surface area (Å²) in [6, 6.07) is 0.906. The predicted molar refractivity (Wildman–Crippen MR) is 65.9 cm³/mol. The van der Waals surface area contributed by atoms with Crippen LogP contribution in [-0.4, -0.2) is 37.3 Å². The van der Waals surface area contributed by atoms with Gasteiger partial charge in [-0.3, -0.25) is 0 Å². The van der Waals surface area contributed by atoms with Gasteiger partial charge in [0.25, 0.3) is 0 Å². The van der Waals surface area contributed by atoms with Gasteiger partial charge in [0.05, 0.1) is 19.3 Å². The number of ether oxygens (including phenoxy) is 1. The van der Waals surface area contributed by atoms with Crippen molar-refractivity contribution < 1.29 is 13.5 Å². The summed E-state index contributed by atoms with van der Waals surface area (Å²) in [6.07, 6.45) is 0. The van der Waals surface area contributed by atoms with Crippen LogP contribution in [-0.2, 0) is 4.74 Å². The molecule has 4 nitrogen and oxygen atoms in total. The minimum Gasteiger partial charge on any atom is -0.377 e. The van der Waals surface area contributed by atoms with Crippen LogP contribution >= 0.6 is 0 Å². The molecule has 1 fully saturated rings. The van der Waals surface area contributed by atoms with Crippen LogP contribution in [0.2, 0.25) is 0 Å². The number of nitrogens with zero attached hydrogens (tertiary/aromatic N) is 2. The van der Waals surface area contributed by atoms with Crippen molar-refractivity contribution in [1.82, 2.24) is 4.98 Å². The maximum absolute atomic E-state index is 13.8. The van der Waals surface area contributed by atoms with Gasteiger partial charge in [0.2, 0.25) is 0 Å². The second kappa shape index (κ2) is 5.48. The number of hydrogen-bond donors (Lipinski definition) is 1. The Hall–Kier alpha value is -1.43. The Labute approximate surface area is 105 Å². The highest BCUT2D eigenvalue weighted by molar-refractivity contribution is 5.50. The average Bonchev–Trinajstić information content (AvgIpc) is 2.34. The first-order valence-corrected chi connectivity index (χ1v) is 6.07. The molecule has 0 amide bonds. The third-order valence-electron chi connectivity index (χ3n) is 2.89. The lowest BCUT2D eigenvalue weighted by Gasteiger charge is -2.34. The summed E-state index contributed by atoms with van der Waals surface area (Å²) in [7, 11) is 0. The van der Waals surface area contributed by atoms with Crippen molar-refractivity contribution >= 4 is 11.6 Å². The lowest BCUT2D eigenvalue weighted by atomic mass is 10.2. The Morgan fingerprint density at radius 3 is 2.94 bits per heavy atom. The van der Waals surface area contributed by atoms with E-state index >= 15 is 0 Å². The summed E-state index contributed by atoms with van der Waals surface area (Å²) in [4.78, 5) is 5.85. The van der Waals surface area contributed by atoms with Crippen LogP contribution in [0.25, 0.3) is 0 Å². The van der Waals surface area contributed by atoms with E-state index in [9.17, 15) is 8.78 Å². The lowest BCUT2D eigenvalue weighted by Crippen LogP contribution is -2.44. The molecule has 1 aromatic rings. The van der Waals surface area contributed by atoms with Gasteiger partial charge in [-0.05, 0) is 13.8 Å². The van der Waals surface area contributed by atoms with Gasteiger partial charge in [-0.15, -0.1) is 0 Å². The van der Waals surface area contributed by atoms with Crippen LogP contribution in [0.1, 0.15) is 13.8 Å². The third-order valence-corrected chi connectivity index (χ3v) is 2.89. The summed E-state index contributed by atoms with van der Waals surface area (Å²) >= 11 is 0. The standard InChI is InChI=1S/C12H17F2N3O/c1-3-15-11-9(13)6-10(14)12(16-11)17-4-5-18-7-8(17)2/h6,8H,3-5,7H2,1-2H3,(H,15,16). The zero-order chi connectivity index (χ0) is 13.1. The third kappa shape index (κ3) is 2.53. The van der Waals surface area contributed by atoms with Crippen LogP contribution in [0.5, 0.6) is 0 Å². The molecule has 1 saturated heterocycles. The van der Waals surface area contributed by atoms with Crippen molar-refractivity contribution in [3.05, 3.63) is 17.7 Å². The minimum atomic E-state index is -0.668. The number of anilines is 2. The Morgan fingerprint density at radius 1 is 1.50 bits per heavy atom. The lowest BCUT2D eigenvalue weighted by molar-refractivity contribution is 0.0981. The second-order valence-corrected chi connectivity index (χ2v) is 4.27. The number of hydrogen-bond acceptors (Lipinski definition) is 4. The van der Waals surface area contributed by atoms with Crippen molar-refractivity contribution in [3.8, 4) is 0 Å². The highest BCUT2D eigenvalue weighted by atomic mass is 19.1. The molecule has 1 unspecified atom stereocenters. The van der Waals surface area contributed by atoms with E-state index in [4.69, 9.17) is 4.74 Å². The summed E-state index contributed by atoms with van der Waals surface area (Å²) < 4.78 is 32.6.